The summed E-state index contributed by atoms with van der Waals surface area (Å²) in [7, 11) is 0. The number of carbonyl (C=O) groups is 2. The van der Waals surface area contributed by atoms with E-state index < -0.39 is 11.6 Å². The van der Waals surface area contributed by atoms with Gasteiger partial charge in [-0.3, -0.25) is 9.59 Å². The summed E-state index contributed by atoms with van der Waals surface area (Å²) in [6, 6.07) is -0.489. The van der Waals surface area contributed by atoms with Gasteiger partial charge in [0.05, 0.1) is 12.7 Å². The molecule has 1 aromatic heterocycles. The van der Waals surface area contributed by atoms with E-state index in [0.717, 1.165) is 32.1 Å². The summed E-state index contributed by atoms with van der Waals surface area (Å²) in [5, 5.41) is 2.97. The lowest BCUT2D eigenvalue weighted by atomic mass is 9.78. The van der Waals surface area contributed by atoms with Crippen molar-refractivity contribution in [1.82, 2.24) is 15.2 Å². The first-order valence-corrected chi connectivity index (χ1v) is 7.56. The summed E-state index contributed by atoms with van der Waals surface area (Å²) in [6.07, 6.45) is 6.17. The minimum Gasteiger partial charge on any atom is -0.444 e. The summed E-state index contributed by atoms with van der Waals surface area (Å²) >= 11 is 0. The number of amides is 2. The average Bonchev–Trinajstić information content (AvgIpc) is 2.88. The maximum atomic E-state index is 12.9. The second-order valence-corrected chi connectivity index (χ2v) is 6.11. The number of aryl methyl sites for hydroxylation is 1. The van der Waals surface area contributed by atoms with E-state index in [0.29, 0.717) is 11.7 Å². The highest BCUT2D eigenvalue weighted by molar-refractivity contribution is 5.99. The number of hydrogen-bond donors (Lipinski definition) is 1. The third kappa shape index (κ3) is 2.43. The molecule has 1 aromatic rings. The third-order valence-electron chi connectivity index (χ3n) is 4.56. The van der Waals surface area contributed by atoms with Crippen LogP contribution in [-0.2, 0) is 16.1 Å². The van der Waals surface area contributed by atoms with E-state index in [-0.39, 0.29) is 18.4 Å². The lowest BCUT2D eigenvalue weighted by Crippen LogP contribution is -2.69. The number of oxazole rings is 1. The van der Waals surface area contributed by atoms with Crippen LogP contribution in [0, 0.1) is 6.92 Å². The summed E-state index contributed by atoms with van der Waals surface area (Å²) in [6.45, 7) is 3.81. The van der Waals surface area contributed by atoms with Crippen LogP contribution in [0.2, 0.25) is 0 Å². The molecule has 1 aliphatic heterocycles. The number of carbonyl (C=O) groups excluding carboxylic acids is 2. The van der Waals surface area contributed by atoms with Crippen molar-refractivity contribution < 1.29 is 14.0 Å². The fraction of sp³-hybridized carbons (Fsp3) is 0.667. The van der Waals surface area contributed by atoms with Crippen LogP contribution in [0.5, 0.6) is 0 Å². The smallest absolute Gasteiger partial charge is 0.249 e. The molecular formula is C15H21N3O3. The molecule has 0 aromatic carbocycles. The van der Waals surface area contributed by atoms with Gasteiger partial charge in [0.25, 0.3) is 0 Å². The summed E-state index contributed by atoms with van der Waals surface area (Å²) < 4.78 is 5.46. The average molecular weight is 291 g/mol. The lowest BCUT2D eigenvalue weighted by molar-refractivity contribution is -0.157. The molecule has 2 aliphatic rings. The Labute approximate surface area is 123 Å². The van der Waals surface area contributed by atoms with Gasteiger partial charge >= 0.3 is 0 Å². The maximum Gasteiger partial charge on any atom is 0.249 e. The number of piperazine rings is 1. The van der Waals surface area contributed by atoms with E-state index in [1.165, 1.54) is 0 Å². The molecule has 0 radical (unpaired) electrons. The molecule has 6 heteroatoms. The molecular weight excluding hydrogens is 270 g/mol. The Morgan fingerprint density at radius 3 is 2.71 bits per heavy atom. The Bertz CT molecular complexity index is 560. The van der Waals surface area contributed by atoms with Crippen LogP contribution in [0.4, 0.5) is 0 Å². The molecule has 1 aliphatic carbocycles. The van der Waals surface area contributed by atoms with E-state index in [1.54, 1.807) is 18.0 Å². The number of nitrogens with one attached hydrogen (secondary N) is 1. The number of hydrogen-bond acceptors (Lipinski definition) is 4. The lowest BCUT2D eigenvalue weighted by Gasteiger charge is -2.46. The quantitative estimate of drug-likeness (QED) is 0.896. The van der Waals surface area contributed by atoms with Gasteiger partial charge in [0.2, 0.25) is 17.7 Å². The molecule has 3 rings (SSSR count). The molecule has 21 heavy (non-hydrogen) atoms. The summed E-state index contributed by atoms with van der Waals surface area (Å²) in [5.41, 5.74) is -0.705. The van der Waals surface area contributed by atoms with Crippen LogP contribution in [0.25, 0.3) is 0 Å². The molecule has 1 spiro atoms. The molecule has 6 nitrogen and oxygen atoms in total. The fourth-order valence-electron chi connectivity index (χ4n) is 3.31. The van der Waals surface area contributed by atoms with Crippen LogP contribution in [0.15, 0.2) is 10.6 Å². The van der Waals surface area contributed by atoms with E-state index in [9.17, 15) is 9.59 Å². The Hall–Kier alpha value is -1.85. The Morgan fingerprint density at radius 2 is 2.10 bits per heavy atom. The van der Waals surface area contributed by atoms with Gasteiger partial charge in [0.15, 0.2) is 0 Å². The van der Waals surface area contributed by atoms with Crippen molar-refractivity contribution in [3.63, 3.8) is 0 Å². The van der Waals surface area contributed by atoms with Gasteiger partial charge in [-0.1, -0.05) is 19.3 Å². The zero-order valence-corrected chi connectivity index (χ0v) is 12.5. The molecule has 0 bridgehead atoms. The molecule has 2 heterocycles. The predicted octanol–water partition coefficient (Wildman–Crippen LogP) is 1.53. The Balaban J connectivity index is 1.86. The predicted molar refractivity (Wildman–Crippen MR) is 75.2 cm³/mol. The summed E-state index contributed by atoms with van der Waals surface area (Å²) in [5.74, 6) is 1.11. The highest BCUT2D eigenvalue weighted by Crippen LogP contribution is 2.33. The standard InChI is InChI=1S/C15H21N3O3/c1-10-8-16-12(21-10)9-18-11(2)13(19)17-15(14(18)20)6-4-3-5-7-15/h8,11H,3-7,9H2,1-2H3,(H,17,19). The second kappa shape index (κ2) is 5.16. The van der Waals surface area contributed by atoms with Gasteiger partial charge in [-0.15, -0.1) is 0 Å². The van der Waals surface area contributed by atoms with E-state index >= 15 is 0 Å². The molecule has 1 atom stereocenters. The zero-order valence-electron chi connectivity index (χ0n) is 12.5. The van der Waals surface area contributed by atoms with Crippen LogP contribution < -0.4 is 5.32 Å². The molecule has 1 N–H and O–H groups in total. The normalized spacial score (nSPS) is 25.2. The minimum atomic E-state index is -0.705. The topological polar surface area (TPSA) is 75.4 Å². The Morgan fingerprint density at radius 1 is 1.38 bits per heavy atom. The number of nitrogens with zero attached hydrogens (tertiary/aromatic N) is 2. The van der Waals surface area contributed by atoms with Gasteiger partial charge in [0, 0.05) is 0 Å². The van der Waals surface area contributed by atoms with Crippen LogP contribution in [0.1, 0.15) is 50.7 Å². The van der Waals surface area contributed by atoms with Crippen LogP contribution >= 0.6 is 0 Å². The van der Waals surface area contributed by atoms with Crippen molar-refractivity contribution in [2.75, 3.05) is 0 Å². The minimum absolute atomic E-state index is 0.00477. The molecule has 1 saturated heterocycles. The second-order valence-electron chi connectivity index (χ2n) is 6.11. The van der Waals surface area contributed by atoms with Gasteiger partial charge in [0.1, 0.15) is 17.3 Å². The van der Waals surface area contributed by atoms with Gasteiger partial charge in [-0.2, -0.15) is 0 Å². The fourth-order valence-corrected chi connectivity index (χ4v) is 3.31. The van der Waals surface area contributed by atoms with Gasteiger partial charge in [-0.05, 0) is 26.7 Å². The van der Waals surface area contributed by atoms with Crippen molar-refractivity contribution >= 4 is 11.8 Å². The number of aromatic nitrogens is 1. The highest BCUT2D eigenvalue weighted by Gasteiger charge is 2.49. The molecule has 1 unspecified atom stereocenters. The van der Waals surface area contributed by atoms with Crippen LogP contribution in [-0.4, -0.2) is 33.3 Å². The number of rotatable bonds is 2. The largest absolute Gasteiger partial charge is 0.444 e. The molecule has 2 fully saturated rings. The van der Waals surface area contributed by atoms with Crippen LogP contribution in [0.3, 0.4) is 0 Å². The third-order valence-corrected chi connectivity index (χ3v) is 4.56. The van der Waals surface area contributed by atoms with Crippen molar-refractivity contribution in [3.05, 3.63) is 17.8 Å². The zero-order chi connectivity index (χ0) is 15.0. The van der Waals surface area contributed by atoms with Crippen molar-refractivity contribution in [2.45, 2.75) is 64.1 Å². The van der Waals surface area contributed by atoms with E-state index in [4.69, 9.17) is 4.42 Å². The SMILES string of the molecule is Cc1cnc(CN2C(=O)C3(CCCCC3)NC(=O)C2C)o1. The van der Waals surface area contributed by atoms with Crippen molar-refractivity contribution in [1.29, 1.82) is 0 Å². The molecule has 1 saturated carbocycles. The van der Waals surface area contributed by atoms with Crippen molar-refractivity contribution in [2.24, 2.45) is 0 Å². The first-order valence-electron chi connectivity index (χ1n) is 7.56. The highest BCUT2D eigenvalue weighted by atomic mass is 16.4. The maximum absolute atomic E-state index is 12.9. The molecule has 2 amide bonds. The Kier molecular flexibility index (Phi) is 3.47. The summed E-state index contributed by atoms with van der Waals surface area (Å²) in [4.78, 5) is 30.9. The first kappa shape index (κ1) is 14.1. The van der Waals surface area contributed by atoms with E-state index in [2.05, 4.69) is 10.3 Å². The molecule has 114 valence electrons. The van der Waals surface area contributed by atoms with Crippen molar-refractivity contribution in [3.8, 4) is 0 Å². The van der Waals surface area contributed by atoms with E-state index in [1.807, 2.05) is 6.92 Å². The van der Waals surface area contributed by atoms with Gasteiger partial charge in [-0.25, -0.2) is 4.98 Å². The van der Waals surface area contributed by atoms with Gasteiger partial charge < -0.3 is 14.6 Å². The first-order chi connectivity index (χ1) is 10.0. The monoisotopic (exact) mass is 291 g/mol.